The molecule has 0 radical (unpaired) electrons. The molecule has 0 bridgehead atoms. The van der Waals surface area contributed by atoms with Crippen molar-refractivity contribution in [3.05, 3.63) is 29.3 Å². The van der Waals surface area contributed by atoms with E-state index >= 15 is 0 Å². The molecule has 0 aromatic heterocycles. The van der Waals surface area contributed by atoms with Gasteiger partial charge >= 0.3 is 0 Å². The lowest BCUT2D eigenvalue weighted by Gasteiger charge is -2.09. The van der Waals surface area contributed by atoms with Crippen LogP contribution in [-0.2, 0) is 16.1 Å². The molecule has 0 aliphatic carbocycles. The fourth-order valence-corrected chi connectivity index (χ4v) is 1.47. The van der Waals surface area contributed by atoms with Crippen LogP contribution in [0.1, 0.15) is 25.0 Å². The van der Waals surface area contributed by atoms with E-state index in [4.69, 9.17) is 19.5 Å². The number of nitrogens with zero attached hydrogens (tertiary/aromatic N) is 1. The quantitative estimate of drug-likeness (QED) is 0.697. The monoisotopic (exact) mass is 249 g/mol. The number of hydrogen-bond acceptors (Lipinski definition) is 4. The summed E-state index contributed by atoms with van der Waals surface area (Å²) >= 11 is 0. The van der Waals surface area contributed by atoms with Gasteiger partial charge < -0.3 is 14.2 Å². The Morgan fingerprint density at radius 1 is 1.28 bits per heavy atom. The molecule has 1 aromatic carbocycles. The minimum absolute atomic E-state index is 0.222. The number of ether oxygens (including phenoxy) is 3. The summed E-state index contributed by atoms with van der Waals surface area (Å²) in [4.78, 5) is 0. The Morgan fingerprint density at radius 2 is 2.06 bits per heavy atom. The maximum absolute atomic E-state index is 8.95. The number of rotatable bonds is 7. The number of hydrogen-bond donors (Lipinski definition) is 0. The number of benzene rings is 1. The summed E-state index contributed by atoms with van der Waals surface area (Å²) in [6.07, 6.45) is 0.222. The molecule has 0 fully saturated rings. The van der Waals surface area contributed by atoms with E-state index in [1.54, 1.807) is 19.2 Å². The number of methoxy groups -OCH3 is 1. The van der Waals surface area contributed by atoms with E-state index < -0.39 is 0 Å². The Morgan fingerprint density at radius 3 is 2.67 bits per heavy atom. The summed E-state index contributed by atoms with van der Waals surface area (Å²) in [7, 11) is 1.55. The molecular weight excluding hydrogens is 230 g/mol. The van der Waals surface area contributed by atoms with Gasteiger partial charge in [-0.2, -0.15) is 5.26 Å². The largest absolute Gasteiger partial charge is 0.495 e. The van der Waals surface area contributed by atoms with Gasteiger partial charge in [-0.1, -0.05) is 6.07 Å². The zero-order valence-corrected chi connectivity index (χ0v) is 11.1. The van der Waals surface area contributed by atoms with Crippen molar-refractivity contribution in [2.24, 2.45) is 0 Å². The van der Waals surface area contributed by atoms with Gasteiger partial charge in [-0.05, 0) is 31.5 Å². The van der Waals surface area contributed by atoms with Crippen LogP contribution < -0.4 is 4.74 Å². The van der Waals surface area contributed by atoms with Gasteiger partial charge in [0.2, 0.25) is 0 Å². The van der Waals surface area contributed by atoms with Gasteiger partial charge in [-0.15, -0.1) is 0 Å². The third-order valence-corrected chi connectivity index (χ3v) is 2.33. The lowest BCUT2D eigenvalue weighted by atomic mass is 10.1. The van der Waals surface area contributed by atoms with E-state index in [0.717, 1.165) is 5.56 Å². The Bertz CT molecular complexity index is 410. The fourth-order valence-electron chi connectivity index (χ4n) is 1.47. The molecule has 0 amide bonds. The SMILES string of the molecule is COc1ccc(COCCOC(C)C)cc1C#N. The van der Waals surface area contributed by atoms with E-state index in [-0.39, 0.29) is 6.10 Å². The number of nitriles is 1. The van der Waals surface area contributed by atoms with Crippen LogP contribution in [0.5, 0.6) is 5.75 Å². The highest BCUT2D eigenvalue weighted by Gasteiger charge is 2.03. The summed E-state index contributed by atoms with van der Waals surface area (Å²) in [6, 6.07) is 7.55. The second-order valence-corrected chi connectivity index (χ2v) is 4.12. The molecular formula is C14H19NO3. The minimum Gasteiger partial charge on any atom is -0.495 e. The van der Waals surface area contributed by atoms with Gasteiger partial charge in [0.05, 0.1) is 38.6 Å². The molecule has 0 aliphatic heterocycles. The summed E-state index contributed by atoms with van der Waals surface area (Å²) in [6.45, 7) is 5.58. The van der Waals surface area contributed by atoms with Gasteiger partial charge in [0.25, 0.3) is 0 Å². The van der Waals surface area contributed by atoms with E-state index in [2.05, 4.69) is 6.07 Å². The van der Waals surface area contributed by atoms with Gasteiger partial charge in [-0.25, -0.2) is 0 Å². The second-order valence-electron chi connectivity index (χ2n) is 4.12. The Labute approximate surface area is 108 Å². The van der Waals surface area contributed by atoms with Crippen molar-refractivity contribution in [2.45, 2.75) is 26.6 Å². The van der Waals surface area contributed by atoms with E-state index in [9.17, 15) is 0 Å². The molecule has 98 valence electrons. The van der Waals surface area contributed by atoms with Crippen LogP contribution >= 0.6 is 0 Å². The van der Waals surface area contributed by atoms with Crippen LogP contribution in [0.15, 0.2) is 18.2 Å². The first-order chi connectivity index (χ1) is 8.67. The Hall–Kier alpha value is -1.57. The van der Waals surface area contributed by atoms with Gasteiger partial charge in [-0.3, -0.25) is 0 Å². The molecule has 0 unspecified atom stereocenters. The predicted octanol–water partition coefficient (Wildman–Crippen LogP) is 2.51. The smallest absolute Gasteiger partial charge is 0.136 e. The van der Waals surface area contributed by atoms with Crippen LogP contribution in [0.3, 0.4) is 0 Å². The van der Waals surface area contributed by atoms with Crippen molar-refractivity contribution < 1.29 is 14.2 Å². The van der Waals surface area contributed by atoms with Crippen molar-refractivity contribution in [1.29, 1.82) is 5.26 Å². The van der Waals surface area contributed by atoms with Crippen molar-refractivity contribution in [3.63, 3.8) is 0 Å². The first-order valence-corrected chi connectivity index (χ1v) is 5.93. The van der Waals surface area contributed by atoms with Crippen LogP contribution in [0, 0.1) is 11.3 Å². The molecule has 0 spiro atoms. The fraction of sp³-hybridized carbons (Fsp3) is 0.500. The van der Waals surface area contributed by atoms with E-state index in [1.165, 1.54) is 0 Å². The van der Waals surface area contributed by atoms with E-state index in [0.29, 0.717) is 31.1 Å². The zero-order valence-electron chi connectivity index (χ0n) is 11.1. The van der Waals surface area contributed by atoms with Gasteiger partial charge in [0.1, 0.15) is 11.8 Å². The zero-order chi connectivity index (χ0) is 13.4. The standard InChI is InChI=1S/C14H19NO3/c1-11(2)18-7-6-17-10-12-4-5-14(16-3)13(8-12)9-15/h4-5,8,11H,6-7,10H2,1-3H3. The van der Waals surface area contributed by atoms with Crippen LogP contribution in [0.25, 0.3) is 0 Å². The van der Waals surface area contributed by atoms with Gasteiger partial charge in [0.15, 0.2) is 0 Å². The Kier molecular flexibility index (Phi) is 6.20. The molecule has 0 aliphatic rings. The molecule has 4 heteroatoms. The molecule has 1 aromatic rings. The molecule has 0 N–H and O–H groups in total. The van der Waals surface area contributed by atoms with Crippen molar-refractivity contribution in [1.82, 2.24) is 0 Å². The maximum atomic E-state index is 8.95. The molecule has 0 heterocycles. The molecule has 18 heavy (non-hydrogen) atoms. The normalized spacial score (nSPS) is 10.4. The van der Waals surface area contributed by atoms with Crippen molar-refractivity contribution in [2.75, 3.05) is 20.3 Å². The third kappa shape index (κ3) is 4.74. The minimum atomic E-state index is 0.222. The Balaban J connectivity index is 2.41. The van der Waals surface area contributed by atoms with Crippen LogP contribution in [0.2, 0.25) is 0 Å². The molecule has 0 saturated heterocycles. The molecule has 4 nitrogen and oxygen atoms in total. The maximum Gasteiger partial charge on any atom is 0.136 e. The molecule has 1 rings (SSSR count). The van der Waals surface area contributed by atoms with Crippen LogP contribution in [-0.4, -0.2) is 26.4 Å². The van der Waals surface area contributed by atoms with Crippen LogP contribution in [0.4, 0.5) is 0 Å². The lowest BCUT2D eigenvalue weighted by Crippen LogP contribution is -2.09. The summed E-state index contributed by atoms with van der Waals surface area (Å²) in [5, 5.41) is 8.95. The highest BCUT2D eigenvalue weighted by atomic mass is 16.5. The highest BCUT2D eigenvalue weighted by molar-refractivity contribution is 5.45. The van der Waals surface area contributed by atoms with Crippen molar-refractivity contribution >= 4 is 0 Å². The van der Waals surface area contributed by atoms with Gasteiger partial charge in [0, 0.05) is 0 Å². The predicted molar refractivity (Wildman–Crippen MR) is 68.5 cm³/mol. The molecule has 0 atom stereocenters. The first kappa shape index (κ1) is 14.5. The first-order valence-electron chi connectivity index (χ1n) is 5.93. The molecule has 0 saturated carbocycles. The summed E-state index contributed by atoms with van der Waals surface area (Å²) < 4.78 is 15.9. The average Bonchev–Trinajstić information content (AvgIpc) is 2.37. The highest BCUT2D eigenvalue weighted by Crippen LogP contribution is 2.19. The van der Waals surface area contributed by atoms with E-state index in [1.807, 2.05) is 19.9 Å². The third-order valence-electron chi connectivity index (χ3n) is 2.33. The summed E-state index contributed by atoms with van der Waals surface area (Å²) in [5.74, 6) is 0.587. The topological polar surface area (TPSA) is 51.5 Å². The lowest BCUT2D eigenvalue weighted by molar-refractivity contribution is 0.0143. The average molecular weight is 249 g/mol. The second kappa shape index (κ2) is 7.70. The summed E-state index contributed by atoms with van der Waals surface area (Å²) in [5.41, 5.74) is 1.48. The van der Waals surface area contributed by atoms with Crippen molar-refractivity contribution in [3.8, 4) is 11.8 Å².